The zero-order valence-corrected chi connectivity index (χ0v) is 70.5. The summed E-state index contributed by atoms with van der Waals surface area (Å²) < 4.78 is 61.2. The number of aliphatic hydroxyl groups is 2. The minimum absolute atomic E-state index is 0.0922. The van der Waals surface area contributed by atoms with Gasteiger partial charge < -0.3 is 34.2 Å². The molecule has 0 heterocycles. The second-order valence-electron chi connectivity index (χ2n) is 28.6. The average Bonchev–Trinajstić information content (AvgIpc) is 0.903. The molecule has 5 unspecified atom stereocenters. The molecule has 109 heavy (non-hydrogen) atoms. The first kappa shape index (κ1) is 104. The Morgan fingerprint density at radius 3 is 0.780 bits per heavy atom. The van der Waals surface area contributed by atoms with Crippen LogP contribution >= 0.6 is 15.6 Å². The van der Waals surface area contributed by atoms with Gasteiger partial charge in [0, 0.05) is 19.3 Å². The van der Waals surface area contributed by atoms with Crippen molar-refractivity contribution in [1.82, 2.24) is 0 Å². The number of phosphoric ester groups is 2. The van der Waals surface area contributed by atoms with Gasteiger partial charge in [0.15, 0.2) is 6.10 Å². The van der Waals surface area contributed by atoms with Crippen molar-refractivity contribution in [1.29, 1.82) is 0 Å². The van der Waals surface area contributed by atoms with Gasteiger partial charge in [0.05, 0.1) is 26.4 Å². The van der Waals surface area contributed by atoms with Crippen LogP contribution < -0.4 is 0 Å². The van der Waals surface area contributed by atoms with Gasteiger partial charge in [-0.1, -0.05) is 346 Å². The maximum atomic E-state index is 12.9. The van der Waals surface area contributed by atoms with Crippen LogP contribution in [0, 0.1) is 0 Å². The molecule has 0 amide bonds. The molecule has 0 rings (SSSR count). The average molecular weight is 1570 g/mol. The van der Waals surface area contributed by atoms with Crippen LogP contribution in [0.4, 0.5) is 0 Å². The van der Waals surface area contributed by atoms with Gasteiger partial charge in [-0.2, -0.15) is 0 Å². The molecule has 18 heteroatoms. The lowest BCUT2D eigenvalue weighted by Crippen LogP contribution is -2.30. The number of allylic oxidation sites excluding steroid dienone is 24. The molecule has 0 radical (unpaired) electrons. The third kappa shape index (κ3) is 84.2. The van der Waals surface area contributed by atoms with Crippen LogP contribution in [-0.4, -0.2) is 95.9 Å². The van der Waals surface area contributed by atoms with Gasteiger partial charge in [-0.3, -0.25) is 32.5 Å². The van der Waals surface area contributed by atoms with Crippen LogP contribution in [-0.2, 0) is 55.8 Å². The molecule has 0 aliphatic heterocycles. The van der Waals surface area contributed by atoms with Crippen LogP contribution in [0.1, 0.15) is 355 Å². The van der Waals surface area contributed by atoms with Crippen molar-refractivity contribution in [3.05, 3.63) is 146 Å². The van der Waals surface area contributed by atoms with Crippen molar-refractivity contribution in [2.24, 2.45) is 0 Å². The topological polar surface area (TPSA) is 231 Å². The van der Waals surface area contributed by atoms with E-state index in [9.17, 15) is 43.5 Å². The summed E-state index contributed by atoms with van der Waals surface area (Å²) in [5, 5.41) is 20.7. The molecular weight excluding hydrogens is 1410 g/mol. The molecule has 0 saturated heterocycles. The second-order valence-corrected chi connectivity index (χ2v) is 31.5. The van der Waals surface area contributed by atoms with Gasteiger partial charge in [-0.05, 0) is 135 Å². The van der Waals surface area contributed by atoms with Crippen molar-refractivity contribution in [2.45, 2.75) is 373 Å². The highest BCUT2D eigenvalue weighted by atomic mass is 31.2. The molecule has 5 atom stereocenters. The first-order valence-corrected chi connectivity index (χ1v) is 46.1. The number of carbonyl (C=O) groups excluding carboxylic acids is 3. The van der Waals surface area contributed by atoms with E-state index in [1.54, 1.807) is 0 Å². The normalized spacial score (nSPS) is 14.6. The summed E-state index contributed by atoms with van der Waals surface area (Å²) in [5.74, 6) is -1.58. The van der Waals surface area contributed by atoms with Crippen molar-refractivity contribution in [3.63, 3.8) is 0 Å². The number of hydrogen-bond acceptors (Lipinski definition) is 14. The fourth-order valence-electron chi connectivity index (χ4n) is 11.5. The number of ether oxygens (including phenoxy) is 3. The smallest absolute Gasteiger partial charge is 0.463 e. The molecule has 0 aliphatic carbocycles. The summed E-state index contributed by atoms with van der Waals surface area (Å²) in [6, 6.07) is 0. The maximum Gasteiger partial charge on any atom is 0.472 e. The van der Waals surface area contributed by atoms with Crippen molar-refractivity contribution >= 4 is 33.6 Å². The highest BCUT2D eigenvalue weighted by Crippen LogP contribution is 2.45. The number of unbranched alkanes of at least 4 members (excludes halogenated alkanes) is 34. The maximum absolute atomic E-state index is 12.9. The molecule has 0 spiro atoms. The number of phosphoric acid groups is 2. The summed E-state index contributed by atoms with van der Waals surface area (Å²) in [6.45, 7) is 2.42. The number of esters is 3. The van der Waals surface area contributed by atoms with E-state index in [1.165, 1.54) is 135 Å². The summed E-state index contributed by atoms with van der Waals surface area (Å²) in [4.78, 5) is 58.7. The Balaban J connectivity index is 4.35. The lowest BCUT2D eigenvalue weighted by molar-refractivity contribution is -0.161. The Labute approximate surface area is 664 Å². The van der Waals surface area contributed by atoms with Gasteiger partial charge in [-0.25, -0.2) is 9.13 Å². The molecular formula is C91H156O16P2. The minimum Gasteiger partial charge on any atom is -0.463 e. The lowest BCUT2D eigenvalue weighted by atomic mass is 10.0. The van der Waals surface area contributed by atoms with E-state index in [1.807, 2.05) is 0 Å². The molecule has 4 N–H and O–H groups in total. The fraction of sp³-hybridized carbons (Fsp3) is 0.703. The Kier molecular flexibility index (Phi) is 79.4. The first-order valence-electron chi connectivity index (χ1n) is 43.1. The second kappa shape index (κ2) is 82.9. The van der Waals surface area contributed by atoms with E-state index in [-0.39, 0.29) is 19.3 Å². The van der Waals surface area contributed by atoms with Crippen LogP contribution in [0.2, 0.25) is 0 Å². The quantitative estimate of drug-likeness (QED) is 0.0146. The Hall–Kier alpha value is -4.57. The lowest BCUT2D eigenvalue weighted by Gasteiger charge is -2.21. The van der Waals surface area contributed by atoms with E-state index in [4.69, 9.17) is 32.3 Å². The zero-order valence-electron chi connectivity index (χ0n) is 68.7. The van der Waals surface area contributed by atoms with Gasteiger partial charge in [0.25, 0.3) is 0 Å². The van der Waals surface area contributed by atoms with E-state index in [0.29, 0.717) is 19.3 Å². The highest BCUT2D eigenvalue weighted by Gasteiger charge is 2.29. The standard InChI is InChI=1S/C91H156O16P2/c1-4-7-10-13-16-19-22-24-26-28-30-32-34-36-38-39-40-41-42-43-44-45-47-49-50-52-54-56-58-60-63-65-68-71-74-77-89(94)101-80-86(92)81-103-108(97,98)104-82-87(93)83-105-109(99,100)106-85-88(107-91(96)79-76-73-70-67-62-21-18-15-12-9-6-3)84-102-90(95)78-75-72-69-66-64-61-59-57-55-53-51-48-46-37-35-33-31-29-27-25-23-20-17-14-11-8-5-2/h7-8,10-11,15-20,24-27,30-33,36-38,40-41,46,86-88,92-93H,4-6,9,12-14,21-23,28-29,34-35,39,42-45,47-85H2,1-3H3,(H,97,98)(H,99,100)/b10-7-,11-8-,18-15-,19-16-,20-17-,26-24-,27-25-,32-30-,33-31-,38-36-,41-40-,46-37-. The summed E-state index contributed by atoms with van der Waals surface area (Å²) in [6.07, 6.45) is 104. The van der Waals surface area contributed by atoms with Crippen molar-refractivity contribution in [2.75, 3.05) is 39.6 Å². The van der Waals surface area contributed by atoms with E-state index >= 15 is 0 Å². The SMILES string of the molecule is CC/C=C\C/C=C\C/C=C\C/C=C\C/C=C\C/C=C\CCCCCCCCCCCCCCCCCCC(=O)OCC(O)COP(=O)(O)OCC(O)COP(=O)(O)OCC(COC(=O)CCCCCCCCCCCCC/C=C\C/C=C\C/C=C\C/C=C\C/C=C\CC)OC(=O)CCCCCCC/C=C\CCCC. The number of rotatable bonds is 81. The summed E-state index contributed by atoms with van der Waals surface area (Å²) in [7, 11) is -9.79. The highest BCUT2D eigenvalue weighted by molar-refractivity contribution is 7.47. The predicted molar refractivity (Wildman–Crippen MR) is 454 cm³/mol. The van der Waals surface area contributed by atoms with Crippen LogP contribution in [0.25, 0.3) is 0 Å². The first-order chi connectivity index (χ1) is 53.2. The van der Waals surface area contributed by atoms with E-state index < -0.39 is 91.5 Å². The summed E-state index contributed by atoms with van der Waals surface area (Å²) in [5.41, 5.74) is 0. The van der Waals surface area contributed by atoms with Crippen LogP contribution in [0.15, 0.2) is 146 Å². The molecule has 0 aromatic heterocycles. The zero-order chi connectivity index (χ0) is 79.4. The minimum atomic E-state index is -4.93. The predicted octanol–water partition coefficient (Wildman–Crippen LogP) is 26.0. The van der Waals surface area contributed by atoms with Gasteiger partial charge in [0.2, 0.25) is 0 Å². The van der Waals surface area contributed by atoms with Crippen molar-refractivity contribution in [3.8, 4) is 0 Å². The van der Waals surface area contributed by atoms with E-state index in [2.05, 4.69) is 167 Å². The molecule has 0 aromatic carbocycles. The van der Waals surface area contributed by atoms with E-state index in [0.717, 1.165) is 161 Å². The molecule has 0 aliphatic rings. The number of hydrogen-bond donors (Lipinski definition) is 4. The monoisotopic (exact) mass is 1570 g/mol. The van der Waals surface area contributed by atoms with Gasteiger partial charge in [0.1, 0.15) is 25.4 Å². The Morgan fingerprint density at radius 1 is 0.266 bits per heavy atom. The molecule has 0 aromatic rings. The molecule has 0 fully saturated rings. The van der Waals surface area contributed by atoms with Crippen LogP contribution in [0.5, 0.6) is 0 Å². The Morgan fingerprint density at radius 2 is 0.486 bits per heavy atom. The molecule has 626 valence electrons. The molecule has 16 nitrogen and oxygen atoms in total. The Bertz CT molecular complexity index is 2560. The number of aliphatic hydroxyl groups excluding tert-OH is 2. The van der Waals surface area contributed by atoms with Gasteiger partial charge in [-0.15, -0.1) is 0 Å². The third-order valence-electron chi connectivity index (χ3n) is 18.0. The summed E-state index contributed by atoms with van der Waals surface area (Å²) >= 11 is 0. The molecule has 0 bridgehead atoms. The van der Waals surface area contributed by atoms with Crippen molar-refractivity contribution < 1.29 is 75.8 Å². The van der Waals surface area contributed by atoms with Gasteiger partial charge >= 0.3 is 33.6 Å². The van der Waals surface area contributed by atoms with Crippen LogP contribution in [0.3, 0.4) is 0 Å². The largest absolute Gasteiger partial charge is 0.472 e. The fourth-order valence-corrected chi connectivity index (χ4v) is 13.1. The molecule has 0 saturated carbocycles. The number of carbonyl (C=O) groups is 3. The third-order valence-corrected chi connectivity index (χ3v) is 19.9.